The van der Waals surface area contributed by atoms with Crippen LogP contribution in [0.15, 0.2) is 91.5 Å². The molecule has 0 saturated heterocycles. The van der Waals surface area contributed by atoms with Crippen molar-refractivity contribution in [3.8, 4) is 17.2 Å². The third-order valence-corrected chi connectivity index (χ3v) is 6.61. The Hall–Kier alpha value is -4.17. The molecule has 0 spiro atoms. The van der Waals surface area contributed by atoms with E-state index in [1.807, 2.05) is 84.4 Å². The maximum Gasteiger partial charge on any atom is 0.260 e. The summed E-state index contributed by atoms with van der Waals surface area (Å²) in [6.45, 7) is 3.75. The van der Waals surface area contributed by atoms with Gasteiger partial charge in [-0.3, -0.25) is 9.69 Å². The lowest BCUT2D eigenvalue weighted by Gasteiger charge is -2.20. The molecule has 8 heteroatoms. The van der Waals surface area contributed by atoms with Gasteiger partial charge in [0.05, 0.1) is 17.6 Å². The maximum absolute atomic E-state index is 13.8. The van der Waals surface area contributed by atoms with Gasteiger partial charge in [-0.05, 0) is 55.8 Å². The Bertz CT molecular complexity index is 1430. The summed E-state index contributed by atoms with van der Waals surface area (Å²) in [5.41, 5.74) is 1.31. The van der Waals surface area contributed by atoms with Gasteiger partial charge in [-0.1, -0.05) is 41.7 Å². The highest BCUT2D eigenvalue weighted by molar-refractivity contribution is 7.22. The Balaban J connectivity index is 1.44. The molecule has 0 radical (unpaired) electrons. The number of para-hydroxylation sites is 2. The lowest BCUT2D eigenvalue weighted by atomic mass is 10.2. The number of carbonyl (C=O) groups is 1. The number of hydrogen-bond acceptors (Lipinski definition) is 6. The zero-order valence-corrected chi connectivity index (χ0v) is 20.7. The van der Waals surface area contributed by atoms with Crippen molar-refractivity contribution in [2.45, 2.75) is 19.9 Å². The van der Waals surface area contributed by atoms with Crippen molar-refractivity contribution >= 4 is 32.6 Å². The van der Waals surface area contributed by atoms with Crippen LogP contribution in [0.3, 0.4) is 0 Å². The van der Waals surface area contributed by atoms with E-state index < -0.39 is 0 Å². The van der Waals surface area contributed by atoms with Crippen LogP contribution >= 0.6 is 11.3 Å². The van der Waals surface area contributed by atoms with E-state index in [0.717, 1.165) is 28.9 Å². The van der Waals surface area contributed by atoms with Gasteiger partial charge in [0, 0.05) is 31.0 Å². The topological polar surface area (TPSA) is 69.5 Å². The maximum atomic E-state index is 13.8. The van der Waals surface area contributed by atoms with Crippen molar-refractivity contribution < 1.29 is 14.3 Å². The van der Waals surface area contributed by atoms with E-state index in [9.17, 15) is 4.79 Å². The van der Waals surface area contributed by atoms with Crippen molar-refractivity contribution in [2.24, 2.45) is 0 Å². The van der Waals surface area contributed by atoms with Gasteiger partial charge in [0.1, 0.15) is 22.8 Å². The zero-order valence-electron chi connectivity index (χ0n) is 19.9. The van der Waals surface area contributed by atoms with Crippen LogP contribution in [0.2, 0.25) is 0 Å². The minimum absolute atomic E-state index is 0.129. The van der Waals surface area contributed by atoms with Gasteiger partial charge in [-0.2, -0.15) is 0 Å². The van der Waals surface area contributed by atoms with Crippen LogP contribution < -0.4 is 14.4 Å². The molecule has 3 aromatic carbocycles. The van der Waals surface area contributed by atoms with Crippen LogP contribution in [0.5, 0.6) is 17.2 Å². The largest absolute Gasteiger partial charge is 0.492 e. The second-order valence-corrected chi connectivity index (χ2v) is 9.10. The molecule has 0 aliphatic carbocycles. The van der Waals surface area contributed by atoms with Crippen LogP contribution in [-0.4, -0.2) is 33.6 Å². The predicted molar refractivity (Wildman–Crippen MR) is 142 cm³/mol. The monoisotopic (exact) mass is 498 g/mol. The fraction of sp³-hybridized carbons (Fsp3) is 0.179. The number of imidazole rings is 1. The summed E-state index contributed by atoms with van der Waals surface area (Å²) >= 11 is 1.49. The third-order valence-electron chi connectivity index (χ3n) is 5.56. The molecule has 2 heterocycles. The molecule has 0 unspecified atom stereocenters. The second-order valence-electron chi connectivity index (χ2n) is 8.09. The van der Waals surface area contributed by atoms with E-state index >= 15 is 0 Å². The van der Waals surface area contributed by atoms with E-state index in [2.05, 4.69) is 4.98 Å². The summed E-state index contributed by atoms with van der Waals surface area (Å²) in [4.78, 5) is 24.5. The number of benzene rings is 3. The number of thiazole rings is 1. The molecule has 182 valence electrons. The number of hydrogen-bond donors (Lipinski definition) is 0. The zero-order chi connectivity index (χ0) is 24.7. The number of carbonyl (C=O) groups excluding carboxylic acids is 1. The van der Waals surface area contributed by atoms with Gasteiger partial charge in [-0.25, -0.2) is 9.97 Å². The average molecular weight is 499 g/mol. The Morgan fingerprint density at radius 1 is 1.03 bits per heavy atom. The SMILES string of the molecule is CCOc1cccc2sc(N(CCCn3ccnc3)C(=O)c3cccc(Oc4ccccc4)c3)nc12. The van der Waals surface area contributed by atoms with Gasteiger partial charge in [0.25, 0.3) is 5.91 Å². The minimum Gasteiger partial charge on any atom is -0.492 e. The molecule has 2 aromatic heterocycles. The van der Waals surface area contributed by atoms with Crippen molar-refractivity contribution in [3.05, 3.63) is 97.1 Å². The Labute approximate surface area is 213 Å². The second kappa shape index (κ2) is 11.0. The summed E-state index contributed by atoms with van der Waals surface area (Å²) in [7, 11) is 0. The van der Waals surface area contributed by atoms with Gasteiger partial charge < -0.3 is 14.0 Å². The first-order chi connectivity index (χ1) is 17.7. The first kappa shape index (κ1) is 23.6. The Morgan fingerprint density at radius 3 is 2.67 bits per heavy atom. The number of ether oxygens (including phenoxy) is 2. The average Bonchev–Trinajstić information content (AvgIpc) is 3.58. The summed E-state index contributed by atoms with van der Waals surface area (Å²) in [5.74, 6) is 1.92. The highest BCUT2D eigenvalue weighted by atomic mass is 32.1. The molecule has 0 fully saturated rings. The molecule has 1 amide bonds. The van der Waals surface area contributed by atoms with Crippen LogP contribution in [0.4, 0.5) is 5.13 Å². The van der Waals surface area contributed by atoms with E-state index in [0.29, 0.717) is 35.3 Å². The summed E-state index contributed by atoms with van der Waals surface area (Å²) in [5, 5.41) is 0.641. The lowest BCUT2D eigenvalue weighted by Crippen LogP contribution is -2.32. The Kier molecular flexibility index (Phi) is 7.23. The highest BCUT2D eigenvalue weighted by Gasteiger charge is 2.22. The molecule has 0 aliphatic rings. The minimum atomic E-state index is -0.129. The van der Waals surface area contributed by atoms with Gasteiger partial charge in [0.15, 0.2) is 5.13 Å². The number of anilines is 1. The summed E-state index contributed by atoms with van der Waals surface area (Å²) in [6.07, 6.45) is 6.20. The standard InChI is InChI=1S/C28H26N4O3S/c1-2-34-24-13-7-14-25-26(24)30-28(36-25)32(17-8-16-31-18-15-29-20-31)27(33)21-9-6-12-23(19-21)35-22-10-4-3-5-11-22/h3-7,9-15,18-20H,2,8,16-17H2,1H3. The molecule has 5 aromatic rings. The molecule has 0 saturated carbocycles. The summed E-state index contributed by atoms with van der Waals surface area (Å²) < 4.78 is 14.7. The molecule has 5 rings (SSSR count). The van der Waals surface area contributed by atoms with Crippen molar-refractivity contribution in [1.29, 1.82) is 0 Å². The van der Waals surface area contributed by atoms with Crippen LogP contribution in [0, 0.1) is 0 Å². The van der Waals surface area contributed by atoms with E-state index in [4.69, 9.17) is 14.5 Å². The first-order valence-corrected chi connectivity index (χ1v) is 12.7. The number of aryl methyl sites for hydroxylation is 1. The number of fused-ring (bicyclic) bond motifs is 1. The van der Waals surface area contributed by atoms with Crippen LogP contribution in [0.1, 0.15) is 23.7 Å². The van der Waals surface area contributed by atoms with Gasteiger partial charge in [-0.15, -0.1) is 0 Å². The third kappa shape index (κ3) is 5.39. The van der Waals surface area contributed by atoms with Crippen molar-refractivity contribution in [3.63, 3.8) is 0 Å². The van der Waals surface area contributed by atoms with Crippen LogP contribution in [0.25, 0.3) is 10.2 Å². The molecule has 36 heavy (non-hydrogen) atoms. The van der Waals surface area contributed by atoms with Gasteiger partial charge in [0.2, 0.25) is 0 Å². The molecule has 0 N–H and O–H groups in total. The van der Waals surface area contributed by atoms with E-state index in [-0.39, 0.29) is 5.91 Å². The normalized spacial score (nSPS) is 10.9. The van der Waals surface area contributed by atoms with Crippen molar-refractivity contribution in [1.82, 2.24) is 14.5 Å². The quantitative estimate of drug-likeness (QED) is 0.222. The molecule has 7 nitrogen and oxygen atoms in total. The van der Waals surface area contributed by atoms with Crippen molar-refractivity contribution in [2.75, 3.05) is 18.1 Å². The highest BCUT2D eigenvalue weighted by Crippen LogP contribution is 2.35. The molecule has 0 atom stereocenters. The van der Waals surface area contributed by atoms with Crippen LogP contribution in [-0.2, 0) is 6.54 Å². The lowest BCUT2D eigenvalue weighted by molar-refractivity contribution is 0.0986. The Morgan fingerprint density at radius 2 is 1.86 bits per heavy atom. The predicted octanol–water partition coefficient (Wildman–Crippen LogP) is 6.42. The molecule has 0 bridgehead atoms. The number of nitrogens with zero attached hydrogens (tertiary/aromatic N) is 4. The fourth-order valence-electron chi connectivity index (χ4n) is 3.89. The number of aromatic nitrogens is 3. The van der Waals surface area contributed by atoms with Gasteiger partial charge >= 0.3 is 0 Å². The first-order valence-electron chi connectivity index (χ1n) is 11.8. The molecule has 0 aliphatic heterocycles. The number of rotatable bonds is 10. The fourth-order valence-corrected chi connectivity index (χ4v) is 4.89. The molecular formula is C28H26N4O3S. The van der Waals surface area contributed by atoms with E-state index in [1.54, 1.807) is 23.5 Å². The molecular weight excluding hydrogens is 472 g/mol. The summed E-state index contributed by atoms with van der Waals surface area (Å²) in [6, 6.07) is 22.6. The van der Waals surface area contributed by atoms with E-state index in [1.165, 1.54) is 11.3 Å². The number of amides is 1. The smallest absolute Gasteiger partial charge is 0.260 e.